The van der Waals surface area contributed by atoms with E-state index in [1.54, 1.807) is 56.3 Å². The summed E-state index contributed by atoms with van der Waals surface area (Å²) in [6.45, 7) is 11.5. The molecule has 4 aromatic rings. The first-order valence-electron chi connectivity index (χ1n) is 17.2. The number of fused-ring (bicyclic) bond motifs is 2. The van der Waals surface area contributed by atoms with E-state index in [2.05, 4.69) is 31.3 Å². The molecule has 0 saturated heterocycles. The largest absolute Gasteiger partial charge is 1.00 e. The van der Waals surface area contributed by atoms with E-state index in [0.29, 0.717) is 68.6 Å². The molecule has 0 bridgehead atoms. The average molecular weight is 750 g/mol. The summed E-state index contributed by atoms with van der Waals surface area (Å²) in [6.07, 6.45) is 2.41. The second kappa shape index (κ2) is 17.0. The Labute approximate surface area is 341 Å². The van der Waals surface area contributed by atoms with Crippen LogP contribution >= 0.6 is 0 Å². The van der Waals surface area contributed by atoms with Gasteiger partial charge in [0.15, 0.2) is 0 Å². The minimum Gasteiger partial charge on any atom is -0.744 e. The van der Waals surface area contributed by atoms with Gasteiger partial charge in [-0.1, -0.05) is 71.7 Å². The van der Waals surface area contributed by atoms with Crippen LogP contribution < -0.4 is 48.4 Å². The van der Waals surface area contributed by atoms with Crippen LogP contribution in [0.2, 0.25) is 0 Å². The first-order valence-corrected chi connectivity index (χ1v) is 20.0. The van der Waals surface area contributed by atoms with Crippen LogP contribution in [0, 0.1) is 19.9 Å². The van der Waals surface area contributed by atoms with E-state index in [0.717, 1.165) is 40.8 Å². The predicted molar refractivity (Wildman–Crippen MR) is 201 cm³/mol. The van der Waals surface area contributed by atoms with E-state index < -0.39 is 20.2 Å². The first-order chi connectivity index (χ1) is 24.7. The zero-order valence-electron chi connectivity index (χ0n) is 31.9. The maximum Gasteiger partial charge on any atom is 1.00 e. The van der Waals surface area contributed by atoms with Gasteiger partial charge in [0.2, 0.25) is 0 Å². The quantitative estimate of drug-likeness (QED) is 0.0973. The summed E-state index contributed by atoms with van der Waals surface area (Å²) in [6, 6.07) is 24.0. The number of benzene rings is 5. The molecule has 54 heavy (non-hydrogen) atoms. The topological polar surface area (TPSA) is 152 Å². The number of aryl methyl sites for hydroxylation is 5. The summed E-state index contributed by atoms with van der Waals surface area (Å²) in [5.74, 6) is 0.407. The van der Waals surface area contributed by atoms with Crippen molar-refractivity contribution in [1.82, 2.24) is 0 Å². The summed E-state index contributed by atoms with van der Waals surface area (Å²) < 4.78 is 81.2. The molecule has 0 saturated carbocycles. The molecule has 6 rings (SSSR count). The van der Waals surface area contributed by atoms with Gasteiger partial charge in [0, 0.05) is 45.6 Å². The Hall–Kier alpha value is -3.62. The average Bonchev–Trinajstić information content (AvgIpc) is 3.10. The third-order valence-corrected chi connectivity index (χ3v) is 11.3. The molecule has 1 aliphatic carbocycles. The van der Waals surface area contributed by atoms with E-state index >= 15 is 0 Å². The van der Waals surface area contributed by atoms with Gasteiger partial charge in [0.25, 0.3) is 0 Å². The zero-order valence-corrected chi connectivity index (χ0v) is 33.5. The summed E-state index contributed by atoms with van der Waals surface area (Å²) in [5, 5.41) is 4.53. The molecule has 0 aromatic heterocycles. The molecular weight excluding hydrogens is 710 g/mol. The second-order valence-corrected chi connectivity index (χ2v) is 15.4. The van der Waals surface area contributed by atoms with Crippen LogP contribution in [-0.4, -0.2) is 25.9 Å². The van der Waals surface area contributed by atoms with Gasteiger partial charge in [-0.2, -0.15) is 17.7 Å². The molecular formula is C41H39Li2N2O7S2-. The minimum absolute atomic E-state index is 0. The van der Waals surface area contributed by atoms with Crippen molar-refractivity contribution in [1.29, 1.82) is 0 Å². The minimum atomic E-state index is -4.86. The molecule has 9 nitrogen and oxygen atoms in total. The summed E-state index contributed by atoms with van der Waals surface area (Å²) in [7, 11) is -9.62. The number of hydrogen-bond acceptors (Lipinski definition) is 9. The SMILES string of the molecule is CCc1[c-]c(C)cc(CC)c1N=c1ccc2c(-c3ccccc3S(=O)(=O)[O-])c3ccc(Nc4c(CC)cc(C)c(S(=O)(=O)[O-])c4CC)cc3oc-2c1.[Li+].[Li+]. The Morgan fingerprint density at radius 2 is 1.46 bits per heavy atom. The van der Waals surface area contributed by atoms with E-state index in [1.165, 1.54) is 12.1 Å². The van der Waals surface area contributed by atoms with E-state index in [-0.39, 0.29) is 53.1 Å². The number of anilines is 2. The Morgan fingerprint density at radius 3 is 2.09 bits per heavy atom. The van der Waals surface area contributed by atoms with Crippen molar-refractivity contribution in [2.75, 3.05) is 5.32 Å². The van der Waals surface area contributed by atoms with Crippen molar-refractivity contribution in [3.05, 3.63) is 118 Å². The zero-order chi connectivity index (χ0) is 37.5. The van der Waals surface area contributed by atoms with Crippen LogP contribution in [0.4, 0.5) is 17.1 Å². The molecule has 1 N–H and O–H groups in total. The molecule has 0 fully saturated rings. The van der Waals surface area contributed by atoms with Crippen molar-refractivity contribution >= 4 is 48.3 Å². The van der Waals surface area contributed by atoms with Gasteiger partial charge in [-0.15, -0.1) is 11.1 Å². The Bertz CT molecular complexity index is 2610. The maximum atomic E-state index is 12.5. The van der Waals surface area contributed by atoms with Gasteiger partial charge in [0.1, 0.15) is 31.6 Å². The smallest absolute Gasteiger partial charge is 0.744 e. The fourth-order valence-electron chi connectivity index (χ4n) is 7.07. The molecule has 270 valence electrons. The van der Waals surface area contributed by atoms with Crippen LogP contribution in [-0.2, 0) is 45.9 Å². The number of nitrogens with one attached hydrogen (secondary N) is 1. The molecule has 1 heterocycles. The van der Waals surface area contributed by atoms with Crippen molar-refractivity contribution in [3.8, 4) is 22.5 Å². The van der Waals surface area contributed by atoms with Crippen LogP contribution in [0.1, 0.15) is 61.1 Å². The van der Waals surface area contributed by atoms with Crippen LogP contribution in [0.15, 0.2) is 92.0 Å². The maximum absolute atomic E-state index is 12.5. The predicted octanol–water partition coefficient (Wildman–Crippen LogP) is 2.66. The standard InChI is InChI=1S/C41H41N2O7S2.2Li/c1-7-26-19-24(5)20-27(8-2)39(26)42-29-15-17-32-35(22-29)50-36-23-30(16-18-33(36)38(32)34-13-11-12-14-37(34)51(44,45)46)43-40-28(9-3)21-25(6)41(31(40)10-4)52(47,48)49;;/h11-19,21-23,43H,7-10H2,1-6H3,(H,44,45,46)(H,47,48,49);;/q-1;2*+1/p-2. The Balaban J connectivity index is 0.00000325. The molecule has 0 atom stereocenters. The molecule has 0 amide bonds. The van der Waals surface area contributed by atoms with Gasteiger partial charge in [-0.25, -0.2) is 16.8 Å². The monoisotopic (exact) mass is 749 g/mol. The molecule has 13 heteroatoms. The summed E-state index contributed by atoms with van der Waals surface area (Å²) >= 11 is 0. The van der Waals surface area contributed by atoms with E-state index in [1.807, 2.05) is 26.0 Å². The normalized spacial score (nSPS) is 12.1. The van der Waals surface area contributed by atoms with Crippen LogP contribution in [0.25, 0.3) is 33.4 Å². The van der Waals surface area contributed by atoms with Gasteiger partial charge in [-0.3, -0.25) is 0 Å². The molecule has 0 radical (unpaired) electrons. The molecule has 0 spiro atoms. The number of rotatable bonds is 10. The fraction of sp³-hybridized carbons (Fsp3) is 0.244. The molecule has 4 aromatic carbocycles. The summed E-state index contributed by atoms with van der Waals surface area (Å²) in [5.41, 5.74) is 8.37. The number of hydrogen-bond donors (Lipinski definition) is 1. The molecule has 2 aliphatic rings. The molecule has 1 aliphatic heterocycles. The van der Waals surface area contributed by atoms with E-state index in [4.69, 9.17) is 9.41 Å². The van der Waals surface area contributed by atoms with Gasteiger partial charge < -0.3 is 23.8 Å². The Morgan fingerprint density at radius 1 is 0.759 bits per heavy atom. The van der Waals surface area contributed by atoms with Gasteiger partial charge >= 0.3 is 37.7 Å². The third-order valence-electron chi connectivity index (χ3n) is 9.33. The van der Waals surface area contributed by atoms with Crippen LogP contribution in [0.5, 0.6) is 0 Å². The van der Waals surface area contributed by atoms with Gasteiger partial charge in [-0.05, 0) is 72.5 Å². The van der Waals surface area contributed by atoms with Crippen molar-refractivity contribution in [2.45, 2.75) is 77.0 Å². The van der Waals surface area contributed by atoms with Crippen molar-refractivity contribution in [2.24, 2.45) is 4.99 Å². The van der Waals surface area contributed by atoms with Crippen molar-refractivity contribution < 1.29 is 68.1 Å². The third kappa shape index (κ3) is 8.45. The van der Waals surface area contributed by atoms with Crippen LogP contribution in [0.3, 0.4) is 0 Å². The van der Waals surface area contributed by atoms with Gasteiger partial charge in [0.05, 0.1) is 15.1 Å². The van der Waals surface area contributed by atoms with Crippen molar-refractivity contribution in [3.63, 3.8) is 0 Å². The first kappa shape index (κ1) is 43.1. The fourth-order valence-corrected chi connectivity index (χ4v) is 8.75. The number of nitrogens with zero attached hydrogens (tertiary/aromatic N) is 1. The molecule has 0 unspecified atom stereocenters. The summed E-state index contributed by atoms with van der Waals surface area (Å²) in [4.78, 5) is 4.44. The Kier molecular flexibility index (Phi) is 13.6. The van der Waals surface area contributed by atoms with E-state index in [9.17, 15) is 25.9 Å². The second-order valence-electron chi connectivity index (χ2n) is 12.8.